The lowest BCUT2D eigenvalue weighted by Gasteiger charge is -2.38. The lowest BCUT2D eigenvalue weighted by molar-refractivity contribution is -0.127. The molecule has 2 aliphatic heterocycles. The van der Waals surface area contributed by atoms with E-state index in [4.69, 9.17) is 19.9 Å². The molecule has 162 valence electrons. The number of nitrogens with two attached hydrogens (primary N) is 1. The maximum Gasteiger partial charge on any atom is 0.239 e. The van der Waals surface area contributed by atoms with Crippen LogP contribution in [0.2, 0.25) is 0 Å². The normalized spacial score (nSPS) is 17.9. The number of carbonyl (C=O) groups is 2. The van der Waals surface area contributed by atoms with Crippen LogP contribution in [0.25, 0.3) is 0 Å². The summed E-state index contributed by atoms with van der Waals surface area (Å²) in [7, 11) is 0. The van der Waals surface area contributed by atoms with E-state index < -0.39 is 6.04 Å². The van der Waals surface area contributed by atoms with Crippen LogP contribution in [0.15, 0.2) is 18.2 Å². The molecule has 0 saturated carbocycles. The van der Waals surface area contributed by atoms with Crippen molar-refractivity contribution in [1.29, 1.82) is 0 Å². The van der Waals surface area contributed by atoms with Crippen molar-refractivity contribution in [3.8, 4) is 11.5 Å². The van der Waals surface area contributed by atoms with Crippen LogP contribution in [-0.2, 0) is 19.7 Å². The third-order valence-electron chi connectivity index (χ3n) is 5.50. The first-order chi connectivity index (χ1) is 13.4. The maximum atomic E-state index is 12.3. The lowest BCUT2D eigenvalue weighted by atomic mass is 9.74. The van der Waals surface area contributed by atoms with Crippen LogP contribution in [0.1, 0.15) is 32.3 Å². The number of carbonyl (C=O) groups excluding carboxylic acids is 2. The lowest BCUT2D eigenvalue weighted by Crippen LogP contribution is -2.49. The number of ether oxygens (including phenoxy) is 3. The second kappa shape index (κ2) is 10.1. The van der Waals surface area contributed by atoms with Gasteiger partial charge < -0.3 is 30.6 Å². The number of nitrogens with one attached hydrogen (secondary N) is 2. The van der Waals surface area contributed by atoms with Crippen LogP contribution in [0.4, 0.5) is 0 Å². The van der Waals surface area contributed by atoms with Crippen molar-refractivity contribution in [3.05, 3.63) is 23.8 Å². The van der Waals surface area contributed by atoms with Crippen LogP contribution < -0.4 is 25.8 Å². The van der Waals surface area contributed by atoms with Gasteiger partial charge in [-0.3, -0.25) is 9.59 Å². The molecule has 4 N–H and O–H groups in total. The Kier molecular flexibility index (Phi) is 8.13. The molecule has 1 aromatic carbocycles. The van der Waals surface area contributed by atoms with E-state index in [-0.39, 0.29) is 48.9 Å². The molecule has 0 spiro atoms. The molecule has 2 heterocycles. The van der Waals surface area contributed by atoms with E-state index in [9.17, 15) is 9.59 Å². The molecule has 0 bridgehead atoms. The summed E-state index contributed by atoms with van der Waals surface area (Å²) in [5, 5.41) is 5.56. The van der Waals surface area contributed by atoms with Crippen LogP contribution in [0.5, 0.6) is 11.5 Å². The molecule has 0 radical (unpaired) electrons. The van der Waals surface area contributed by atoms with Crippen molar-refractivity contribution >= 4 is 24.2 Å². The zero-order valence-electron chi connectivity index (χ0n) is 16.9. The summed E-state index contributed by atoms with van der Waals surface area (Å²) >= 11 is 0. The van der Waals surface area contributed by atoms with Crippen LogP contribution in [0, 0.1) is 5.92 Å². The van der Waals surface area contributed by atoms with Gasteiger partial charge in [0.1, 0.15) is 0 Å². The predicted molar refractivity (Wildman–Crippen MR) is 110 cm³/mol. The number of hydrogen-bond acceptors (Lipinski definition) is 6. The van der Waals surface area contributed by atoms with Crippen LogP contribution in [-0.4, -0.2) is 51.0 Å². The molecular formula is C20H30ClN3O5. The first kappa shape index (κ1) is 23.3. The summed E-state index contributed by atoms with van der Waals surface area (Å²) in [4.78, 5) is 24.2. The SMILES string of the molecule is CC(C)[C@H](N)C(=O)NCC(=O)NCC1(c2ccc3c(c2)OCO3)CCOCC1.Cl. The molecule has 2 aliphatic rings. The third kappa shape index (κ3) is 5.52. The Hall–Kier alpha value is -2.03. The Morgan fingerprint density at radius 3 is 2.52 bits per heavy atom. The van der Waals surface area contributed by atoms with Crippen molar-refractivity contribution in [2.75, 3.05) is 33.1 Å². The second-order valence-electron chi connectivity index (χ2n) is 7.73. The van der Waals surface area contributed by atoms with Gasteiger partial charge in [0, 0.05) is 25.2 Å². The van der Waals surface area contributed by atoms with E-state index in [0.717, 1.165) is 29.9 Å². The van der Waals surface area contributed by atoms with E-state index >= 15 is 0 Å². The predicted octanol–water partition coefficient (Wildman–Crippen LogP) is 1.10. The summed E-state index contributed by atoms with van der Waals surface area (Å²) in [5.41, 5.74) is 6.65. The minimum Gasteiger partial charge on any atom is -0.454 e. The van der Waals surface area contributed by atoms with E-state index in [1.54, 1.807) is 0 Å². The Morgan fingerprint density at radius 2 is 1.83 bits per heavy atom. The zero-order chi connectivity index (χ0) is 20.1. The first-order valence-corrected chi connectivity index (χ1v) is 9.69. The average Bonchev–Trinajstić information content (AvgIpc) is 3.18. The Labute approximate surface area is 177 Å². The van der Waals surface area contributed by atoms with Crippen molar-refractivity contribution in [1.82, 2.24) is 10.6 Å². The van der Waals surface area contributed by atoms with Crippen molar-refractivity contribution < 1.29 is 23.8 Å². The highest BCUT2D eigenvalue weighted by Crippen LogP contribution is 2.40. The van der Waals surface area contributed by atoms with Gasteiger partial charge >= 0.3 is 0 Å². The fourth-order valence-electron chi connectivity index (χ4n) is 3.47. The van der Waals surface area contributed by atoms with Gasteiger partial charge in [-0.15, -0.1) is 12.4 Å². The standard InChI is InChI=1S/C20H29N3O5.ClH/c1-13(2)18(21)19(25)22-10-17(24)23-11-20(5-7-26-8-6-20)14-3-4-15-16(9-14)28-12-27-15;/h3-4,9,13,18H,5-8,10-12,21H2,1-2H3,(H,22,25)(H,23,24);1H/t18-;/m0./s1. The Balaban J connectivity index is 0.00000300. The van der Waals surface area contributed by atoms with Gasteiger partial charge in [-0.1, -0.05) is 19.9 Å². The highest BCUT2D eigenvalue weighted by atomic mass is 35.5. The van der Waals surface area contributed by atoms with Gasteiger partial charge in [-0.05, 0) is 36.5 Å². The van der Waals surface area contributed by atoms with E-state index in [2.05, 4.69) is 10.6 Å². The van der Waals surface area contributed by atoms with E-state index in [1.807, 2.05) is 32.0 Å². The van der Waals surface area contributed by atoms with Gasteiger partial charge in [0.25, 0.3) is 0 Å². The number of hydrogen-bond donors (Lipinski definition) is 3. The number of fused-ring (bicyclic) bond motifs is 1. The summed E-state index contributed by atoms with van der Waals surface area (Å²) in [6, 6.07) is 5.30. The van der Waals surface area contributed by atoms with E-state index in [0.29, 0.717) is 19.8 Å². The second-order valence-corrected chi connectivity index (χ2v) is 7.73. The maximum absolute atomic E-state index is 12.3. The largest absolute Gasteiger partial charge is 0.454 e. The average molecular weight is 428 g/mol. The number of benzene rings is 1. The summed E-state index contributed by atoms with van der Waals surface area (Å²) in [5.74, 6) is 0.918. The highest BCUT2D eigenvalue weighted by Gasteiger charge is 2.36. The minimum atomic E-state index is -0.622. The van der Waals surface area contributed by atoms with Gasteiger partial charge in [0.15, 0.2) is 11.5 Å². The van der Waals surface area contributed by atoms with Crippen molar-refractivity contribution in [3.63, 3.8) is 0 Å². The highest BCUT2D eigenvalue weighted by molar-refractivity contribution is 5.87. The number of amides is 2. The molecule has 1 fully saturated rings. The molecule has 29 heavy (non-hydrogen) atoms. The smallest absolute Gasteiger partial charge is 0.239 e. The van der Waals surface area contributed by atoms with Gasteiger partial charge in [-0.2, -0.15) is 0 Å². The van der Waals surface area contributed by atoms with Crippen LogP contribution >= 0.6 is 12.4 Å². The molecule has 0 unspecified atom stereocenters. The molecular weight excluding hydrogens is 398 g/mol. The summed E-state index contributed by atoms with van der Waals surface area (Å²) in [6.45, 7) is 5.58. The first-order valence-electron chi connectivity index (χ1n) is 9.69. The van der Waals surface area contributed by atoms with Gasteiger partial charge in [0.2, 0.25) is 18.6 Å². The van der Waals surface area contributed by atoms with Crippen molar-refractivity contribution in [2.45, 2.75) is 38.1 Å². The fraction of sp³-hybridized carbons (Fsp3) is 0.600. The number of halogens is 1. The molecule has 8 nitrogen and oxygen atoms in total. The summed E-state index contributed by atoms with van der Waals surface area (Å²) < 4.78 is 16.4. The molecule has 1 atom stereocenters. The van der Waals surface area contributed by atoms with Gasteiger partial charge in [0.05, 0.1) is 12.6 Å². The molecule has 2 amide bonds. The number of rotatable bonds is 7. The summed E-state index contributed by atoms with van der Waals surface area (Å²) in [6.07, 6.45) is 1.58. The molecule has 0 aliphatic carbocycles. The van der Waals surface area contributed by atoms with E-state index in [1.165, 1.54) is 0 Å². The Bertz CT molecular complexity index is 722. The van der Waals surface area contributed by atoms with Crippen molar-refractivity contribution in [2.24, 2.45) is 11.7 Å². The zero-order valence-corrected chi connectivity index (χ0v) is 17.7. The molecule has 3 rings (SSSR count). The molecule has 1 aromatic rings. The fourth-order valence-corrected chi connectivity index (χ4v) is 3.47. The third-order valence-corrected chi connectivity index (χ3v) is 5.50. The molecule has 0 aromatic heterocycles. The molecule has 1 saturated heterocycles. The van der Waals surface area contributed by atoms with Crippen LogP contribution in [0.3, 0.4) is 0 Å². The van der Waals surface area contributed by atoms with Gasteiger partial charge in [-0.25, -0.2) is 0 Å². The minimum absolute atomic E-state index is 0. The topological polar surface area (TPSA) is 112 Å². The Morgan fingerprint density at radius 1 is 1.14 bits per heavy atom. The quantitative estimate of drug-likeness (QED) is 0.600. The monoisotopic (exact) mass is 427 g/mol. The molecule has 9 heteroatoms.